The number of carboxylic acids is 1. The van der Waals surface area contributed by atoms with Crippen molar-refractivity contribution in [3.05, 3.63) is 67.8 Å². The molecule has 9 nitrogen and oxygen atoms in total. The van der Waals surface area contributed by atoms with Gasteiger partial charge in [0.2, 0.25) is 0 Å². The molecular formula is C19H12ClF4N3O6. The number of ether oxygens (including phenoxy) is 2. The second-order valence-electron chi connectivity index (χ2n) is 6.39. The lowest BCUT2D eigenvalue weighted by Gasteiger charge is -2.17. The van der Waals surface area contributed by atoms with Crippen molar-refractivity contribution in [1.82, 2.24) is 14.5 Å². The van der Waals surface area contributed by atoms with Crippen LogP contribution in [0.25, 0.3) is 11.1 Å². The van der Waals surface area contributed by atoms with Crippen LogP contribution in [0.4, 0.5) is 17.6 Å². The standard InChI is InChI=1S/C19H12ClF4N3O6/c1-27-15(19(22,23)24)14(16(30)26-18(27)31)8-5-12(9(20)6-10(8)21)33-11-3-2-4-25-17(11)32-7-13(28)29/h2-6H,7H2,1H3,(H,28,29)(H,26,30,31). The van der Waals surface area contributed by atoms with E-state index < -0.39 is 58.4 Å². The number of nitrogens with zero attached hydrogens (tertiary/aromatic N) is 2. The highest BCUT2D eigenvalue weighted by Crippen LogP contribution is 2.40. The minimum atomic E-state index is -5.19. The third-order valence-electron chi connectivity index (χ3n) is 4.17. The molecule has 0 radical (unpaired) electrons. The maximum Gasteiger partial charge on any atom is 0.432 e. The number of hydrogen-bond acceptors (Lipinski definition) is 6. The van der Waals surface area contributed by atoms with Gasteiger partial charge in [-0.1, -0.05) is 11.6 Å². The normalized spacial score (nSPS) is 11.3. The lowest BCUT2D eigenvalue weighted by molar-refractivity contribution is -0.143. The number of benzene rings is 1. The number of pyridine rings is 1. The molecule has 1 aromatic carbocycles. The molecule has 0 atom stereocenters. The minimum absolute atomic E-state index is 0.129. The van der Waals surface area contributed by atoms with Gasteiger partial charge in [-0.25, -0.2) is 19.0 Å². The van der Waals surface area contributed by atoms with Gasteiger partial charge in [0.1, 0.15) is 17.3 Å². The fourth-order valence-electron chi connectivity index (χ4n) is 2.81. The molecule has 0 saturated carbocycles. The largest absolute Gasteiger partial charge is 0.479 e. The fourth-order valence-corrected chi connectivity index (χ4v) is 3.00. The van der Waals surface area contributed by atoms with Crippen LogP contribution in [0, 0.1) is 5.82 Å². The third-order valence-corrected chi connectivity index (χ3v) is 4.47. The monoisotopic (exact) mass is 489 g/mol. The van der Waals surface area contributed by atoms with Crippen molar-refractivity contribution >= 4 is 17.6 Å². The Bertz CT molecular complexity index is 1350. The van der Waals surface area contributed by atoms with Crippen LogP contribution in [0.2, 0.25) is 5.02 Å². The average molecular weight is 490 g/mol. The molecule has 33 heavy (non-hydrogen) atoms. The number of aliphatic carboxylic acids is 1. The summed E-state index contributed by atoms with van der Waals surface area (Å²) in [7, 11) is 0.761. The molecule has 0 spiro atoms. The third kappa shape index (κ3) is 4.98. The van der Waals surface area contributed by atoms with Gasteiger partial charge in [-0.3, -0.25) is 14.3 Å². The van der Waals surface area contributed by atoms with Crippen molar-refractivity contribution in [1.29, 1.82) is 0 Å². The molecule has 3 aromatic rings. The lowest BCUT2D eigenvalue weighted by Crippen LogP contribution is -2.35. The summed E-state index contributed by atoms with van der Waals surface area (Å²) in [5, 5.41) is 8.36. The predicted octanol–water partition coefficient (Wildman–Crippen LogP) is 3.20. The summed E-state index contributed by atoms with van der Waals surface area (Å²) in [6.07, 6.45) is -3.94. The molecule has 0 fully saturated rings. The topological polar surface area (TPSA) is 124 Å². The van der Waals surface area contributed by atoms with E-state index in [-0.39, 0.29) is 21.2 Å². The van der Waals surface area contributed by atoms with Crippen molar-refractivity contribution in [3.63, 3.8) is 0 Å². The van der Waals surface area contributed by atoms with E-state index in [9.17, 15) is 31.9 Å². The van der Waals surface area contributed by atoms with Gasteiger partial charge in [0.25, 0.3) is 11.4 Å². The minimum Gasteiger partial charge on any atom is -0.479 e. The average Bonchev–Trinajstić information content (AvgIpc) is 2.71. The van der Waals surface area contributed by atoms with Crippen molar-refractivity contribution in [2.24, 2.45) is 7.05 Å². The second kappa shape index (κ2) is 8.94. The predicted molar refractivity (Wildman–Crippen MR) is 105 cm³/mol. The molecule has 0 unspecified atom stereocenters. The summed E-state index contributed by atoms with van der Waals surface area (Å²) < 4.78 is 66.2. The highest BCUT2D eigenvalue weighted by atomic mass is 35.5. The van der Waals surface area contributed by atoms with E-state index in [1.807, 2.05) is 0 Å². The zero-order valence-corrected chi connectivity index (χ0v) is 17.1. The van der Waals surface area contributed by atoms with Gasteiger partial charge in [0.05, 0.1) is 10.6 Å². The summed E-state index contributed by atoms with van der Waals surface area (Å²) in [4.78, 5) is 40.2. The van der Waals surface area contributed by atoms with Gasteiger partial charge in [0, 0.05) is 18.8 Å². The van der Waals surface area contributed by atoms with E-state index in [0.717, 1.165) is 13.1 Å². The Morgan fingerprint density at radius 3 is 2.61 bits per heavy atom. The molecule has 0 saturated heterocycles. The number of carboxylic acid groups (broad SMARTS) is 1. The van der Waals surface area contributed by atoms with Crippen LogP contribution in [0.1, 0.15) is 5.69 Å². The van der Waals surface area contributed by atoms with Crippen molar-refractivity contribution in [2.45, 2.75) is 6.18 Å². The molecule has 0 bridgehead atoms. The Labute approximate surface area is 185 Å². The highest BCUT2D eigenvalue weighted by molar-refractivity contribution is 6.32. The molecule has 2 N–H and O–H groups in total. The first kappa shape index (κ1) is 23.8. The summed E-state index contributed by atoms with van der Waals surface area (Å²) >= 11 is 5.96. The van der Waals surface area contributed by atoms with Crippen molar-refractivity contribution < 1.29 is 36.9 Å². The van der Waals surface area contributed by atoms with Crippen LogP contribution in [-0.4, -0.2) is 32.2 Å². The van der Waals surface area contributed by atoms with Crippen molar-refractivity contribution in [3.8, 4) is 28.5 Å². The number of alkyl halides is 3. The molecule has 0 aliphatic rings. The summed E-state index contributed by atoms with van der Waals surface area (Å²) in [5.74, 6) is -3.50. The molecular weight excluding hydrogens is 478 g/mol. The Morgan fingerprint density at radius 2 is 1.97 bits per heavy atom. The first-order chi connectivity index (χ1) is 15.4. The Kier molecular flexibility index (Phi) is 6.44. The number of hydrogen-bond donors (Lipinski definition) is 2. The summed E-state index contributed by atoms with van der Waals surface area (Å²) in [6.45, 7) is -0.780. The van der Waals surface area contributed by atoms with E-state index in [4.69, 9.17) is 26.2 Å². The number of halogens is 5. The fraction of sp³-hybridized carbons (Fsp3) is 0.158. The maximum absolute atomic E-state index is 14.7. The SMILES string of the molecule is Cn1c(C(F)(F)F)c(-c2cc(Oc3cccnc3OCC(=O)O)c(Cl)cc2F)c(=O)[nH]c1=O. The quantitative estimate of drug-likeness (QED) is 0.510. The van der Waals surface area contributed by atoms with Crippen molar-refractivity contribution in [2.75, 3.05) is 6.61 Å². The van der Waals surface area contributed by atoms with E-state index in [1.54, 1.807) is 4.98 Å². The van der Waals surface area contributed by atoms with Gasteiger partial charge >= 0.3 is 17.8 Å². The number of aromatic nitrogens is 3. The molecule has 2 heterocycles. The van der Waals surface area contributed by atoms with E-state index in [0.29, 0.717) is 6.07 Å². The first-order valence-electron chi connectivity index (χ1n) is 8.77. The highest BCUT2D eigenvalue weighted by Gasteiger charge is 2.39. The number of H-pyrrole nitrogens is 1. The second-order valence-corrected chi connectivity index (χ2v) is 6.80. The Morgan fingerprint density at radius 1 is 1.27 bits per heavy atom. The van der Waals surface area contributed by atoms with E-state index in [1.165, 1.54) is 18.3 Å². The molecule has 174 valence electrons. The summed E-state index contributed by atoms with van der Waals surface area (Å²) in [5.41, 5.74) is -6.54. The zero-order valence-electron chi connectivity index (χ0n) is 16.4. The molecule has 3 rings (SSSR count). The first-order valence-corrected chi connectivity index (χ1v) is 9.15. The number of rotatable bonds is 6. The van der Waals surface area contributed by atoms with Crippen LogP contribution in [0.5, 0.6) is 17.4 Å². The smallest absolute Gasteiger partial charge is 0.432 e. The van der Waals surface area contributed by atoms with Gasteiger partial charge in [-0.05, 0) is 24.3 Å². The molecule has 2 aromatic heterocycles. The molecule has 0 aliphatic carbocycles. The lowest BCUT2D eigenvalue weighted by atomic mass is 10.0. The molecule has 0 aliphatic heterocycles. The number of nitrogens with one attached hydrogen (secondary N) is 1. The maximum atomic E-state index is 14.7. The molecule has 14 heteroatoms. The van der Waals surface area contributed by atoms with Crippen LogP contribution in [0.3, 0.4) is 0 Å². The number of carbonyl (C=O) groups is 1. The van der Waals surface area contributed by atoms with Crippen LogP contribution in [0.15, 0.2) is 40.1 Å². The number of aromatic amines is 1. The molecule has 0 amide bonds. The van der Waals surface area contributed by atoms with E-state index >= 15 is 0 Å². The van der Waals surface area contributed by atoms with Gasteiger partial charge in [-0.2, -0.15) is 13.2 Å². The Hall–Kier alpha value is -3.87. The van der Waals surface area contributed by atoms with Crippen LogP contribution in [-0.2, 0) is 18.0 Å². The summed E-state index contributed by atoms with van der Waals surface area (Å²) in [6, 6.07) is 4.01. The van der Waals surface area contributed by atoms with E-state index in [2.05, 4.69) is 4.98 Å². The van der Waals surface area contributed by atoms with Crippen LogP contribution >= 0.6 is 11.6 Å². The van der Waals surface area contributed by atoms with Gasteiger partial charge in [-0.15, -0.1) is 0 Å². The van der Waals surface area contributed by atoms with Gasteiger partial charge in [0.15, 0.2) is 12.4 Å². The zero-order chi connectivity index (χ0) is 24.5. The van der Waals surface area contributed by atoms with Crippen LogP contribution < -0.4 is 20.7 Å². The van der Waals surface area contributed by atoms with Gasteiger partial charge < -0.3 is 14.6 Å². The Balaban J connectivity index is 2.18.